The highest BCUT2D eigenvalue weighted by molar-refractivity contribution is 9.10. The first-order chi connectivity index (χ1) is 10.1. The molecule has 0 saturated carbocycles. The summed E-state index contributed by atoms with van der Waals surface area (Å²) in [6.07, 6.45) is 0. The summed E-state index contributed by atoms with van der Waals surface area (Å²) in [6.45, 7) is 5.72. The zero-order valence-electron chi connectivity index (χ0n) is 12.0. The van der Waals surface area contributed by atoms with E-state index in [1.807, 2.05) is 49.1 Å². The van der Waals surface area contributed by atoms with Gasteiger partial charge in [-0.15, -0.1) is 0 Å². The molecule has 0 radical (unpaired) electrons. The van der Waals surface area contributed by atoms with E-state index in [0.29, 0.717) is 16.9 Å². The molecule has 108 valence electrons. The van der Waals surface area contributed by atoms with Crippen LogP contribution in [0.15, 0.2) is 50.1 Å². The third kappa shape index (κ3) is 2.44. The maximum Gasteiger partial charge on any atom is 0.199 e. The molecule has 0 unspecified atom stereocenters. The van der Waals surface area contributed by atoms with Gasteiger partial charge in [-0.05, 0) is 42.8 Å². The lowest BCUT2D eigenvalue weighted by atomic mass is 10.1. The van der Waals surface area contributed by atoms with Gasteiger partial charge in [-0.1, -0.05) is 28.1 Å². The van der Waals surface area contributed by atoms with Crippen molar-refractivity contribution in [1.29, 1.82) is 0 Å². The predicted octanol–water partition coefficient (Wildman–Crippen LogP) is 4.55. The highest BCUT2D eigenvalue weighted by atomic mass is 79.9. The lowest BCUT2D eigenvalue weighted by Gasteiger charge is -2.19. The highest BCUT2D eigenvalue weighted by Gasteiger charge is 2.11. The fourth-order valence-electron chi connectivity index (χ4n) is 2.64. The molecule has 21 heavy (non-hydrogen) atoms. The van der Waals surface area contributed by atoms with Crippen molar-refractivity contribution in [3.63, 3.8) is 0 Å². The normalized spacial score (nSPS) is 11.2. The maximum absolute atomic E-state index is 12.5. The Kier molecular flexibility index (Phi) is 3.72. The van der Waals surface area contributed by atoms with Gasteiger partial charge in [-0.2, -0.15) is 0 Å². The number of nitrogens with zero attached hydrogens (tertiary/aromatic N) is 1. The Morgan fingerprint density at radius 1 is 1.10 bits per heavy atom. The van der Waals surface area contributed by atoms with Gasteiger partial charge in [0.25, 0.3) is 0 Å². The summed E-state index contributed by atoms with van der Waals surface area (Å²) < 4.78 is 6.94. The first kappa shape index (κ1) is 14.1. The Bertz CT molecular complexity index is 866. The van der Waals surface area contributed by atoms with Crippen LogP contribution in [0.5, 0.6) is 0 Å². The minimum atomic E-state index is 0.00562. The molecule has 1 aromatic heterocycles. The number of benzene rings is 2. The summed E-state index contributed by atoms with van der Waals surface area (Å²) in [6, 6.07) is 11.4. The SMILES string of the molecule is CCN(CC)c1cc(=O)c2c(ccc3cc(Br)ccc32)o1. The fourth-order valence-corrected chi connectivity index (χ4v) is 3.02. The second-order valence-corrected chi connectivity index (χ2v) is 5.84. The molecule has 0 spiro atoms. The van der Waals surface area contributed by atoms with Crippen LogP contribution in [0, 0.1) is 0 Å². The van der Waals surface area contributed by atoms with Crippen molar-refractivity contribution in [3.8, 4) is 0 Å². The molecule has 0 fully saturated rings. The van der Waals surface area contributed by atoms with E-state index < -0.39 is 0 Å². The molecule has 3 rings (SSSR count). The van der Waals surface area contributed by atoms with E-state index in [9.17, 15) is 4.79 Å². The summed E-state index contributed by atoms with van der Waals surface area (Å²) in [7, 11) is 0. The van der Waals surface area contributed by atoms with Gasteiger partial charge in [0.1, 0.15) is 5.58 Å². The molecule has 4 heteroatoms. The Hall–Kier alpha value is -1.81. The summed E-state index contributed by atoms with van der Waals surface area (Å²) in [5.41, 5.74) is 0.644. The minimum absolute atomic E-state index is 0.00562. The molecule has 3 aromatic rings. The third-order valence-corrected chi connectivity index (χ3v) is 4.23. The highest BCUT2D eigenvalue weighted by Crippen LogP contribution is 2.28. The first-order valence-electron chi connectivity index (χ1n) is 7.05. The Balaban J connectivity index is 2.33. The summed E-state index contributed by atoms with van der Waals surface area (Å²) in [4.78, 5) is 14.6. The molecule has 2 aromatic carbocycles. The number of rotatable bonds is 3. The van der Waals surface area contributed by atoms with Gasteiger partial charge in [0.05, 0.1) is 5.39 Å². The van der Waals surface area contributed by atoms with Crippen LogP contribution in [0.3, 0.4) is 0 Å². The molecule has 0 amide bonds. The average molecular weight is 346 g/mol. The molecule has 0 atom stereocenters. The molecule has 0 saturated heterocycles. The van der Waals surface area contributed by atoms with Crippen molar-refractivity contribution in [2.45, 2.75) is 13.8 Å². The van der Waals surface area contributed by atoms with Crippen molar-refractivity contribution in [1.82, 2.24) is 0 Å². The number of halogens is 1. The van der Waals surface area contributed by atoms with Crippen molar-refractivity contribution in [3.05, 3.63) is 51.1 Å². The van der Waals surface area contributed by atoms with Crippen molar-refractivity contribution in [2.24, 2.45) is 0 Å². The van der Waals surface area contributed by atoms with Gasteiger partial charge in [-0.25, -0.2) is 0 Å². The molecule has 0 bridgehead atoms. The minimum Gasteiger partial charge on any atom is -0.440 e. The standard InChI is InChI=1S/C17H16BrNO2/c1-3-19(4-2)16-10-14(20)17-13-7-6-12(18)9-11(13)5-8-15(17)21-16/h5-10H,3-4H2,1-2H3. The zero-order chi connectivity index (χ0) is 15.0. The zero-order valence-corrected chi connectivity index (χ0v) is 13.6. The lowest BCUT2D eigenvalue weighted by Crippen LogP contribution is -2.23. The van der Waals surface area contributed by atoms with Crippen LogP contribution in [-0.4, -0.2) is 13.1 Å². The summed E-state index contributed by atoms with van der Waals surface area (Å²) in [5, 5.41) is 2.60. The number of hydrogen-bond donors (Lipinski definition) is 0. The van der Waals surface area contributed by atoms with Crippen LogP contribution in [0.1, 0.15) is 13.8 Å². The molecular weight excluding hydrogens is 330 g/mol. The van der Waals surface area contributed by atoms with Crippen LogP contribution in [0.25, 0.3) is 21.7 Å². The molecular formula is C17H16BrNO2. The number of anilines is 1. The Labute approximate surface area is 131 Å². The van der Waals surface area contributed by atoms with Crippen LogP contribution in [0.4, 0.5) is 5.88 Å². The summed E-state index contributed by atoms with van der Waals surface area (Å²) >= 11 is 3.46. The van der Waals surface area contributed by atoms with Crippen molar-refractivity contribution < 1.29 is 4.42 Å². The topological polar surface area (TPSA) is 33.5 Å². The maximum atomic E-state index is 12.5. The number of hydrogen-bond acceptors (Lipinski definition) is 3. The van der Waals surface area contributed by atoms with Gasteiger partial charge in [0.15, 0.2) is 11.3 Å². The van der Waals surface area contributed by atoms with E-state index >= 15 is 0 Å². The molecule has 0 aliphatic carbocycles. The lowest BCUT2D eigenvalue weighted by molar-refractivity contribution is 0.578. The molecule has 3 nitrogen and oxygen atoms in total. The van der Waals surface area contributed by atoms with Crippen molar-refractivity contribution >= 4 is 43.6 Å². The van der Waals surface area contributed by atoms with E-state index in [1.165, 1.54) is 0 Å². The van der Waals surface area contributed by atoms with E-state index in [1.54, 1.807) is 6.07 Å². The van der Waals surface area contributed by atoms with Crippen LogP contribution in [0.2, 0.25) is 0 Å². The first-order valence-corrected chi connectivity index (χ1v) is 7.84. The van der Waals surface area contributed by atoms with Crippen LogP contribution in [-0.2, 0) is 0 Å². The predicted molar refractivity (Wildman–Crippen MR) is 91.3 cm³/mol. The Morgan fingerprint density at radius 3 is 2.57 bits per heavy atom. The average Bonchev–Trinajstić information content (AvgIpc) is 2.48. The van der Waals surface area contributed by atoms with Gasteiger partial charge in [-0.3, -0.25) is 4.79 Å². The van der Waals surface area contributed by atoms with Crippen molar-refractivity contribution in [2.75, 3.05) is 18.0 Å². The smallest absolute Gasteiger partial charge is 0.199 e. The molecule has 0 N–H and O–H groups in total. The quantitative estimate of drug-likeness (QED) is 0.652. The van der Waals surface area contributed by atoms with Gasteiger partial charge >= 0.3 is 0 Å². The monoisotopic (exact) mass is 345 g/mol. The van der Waals surface area contributed by atoms with E-state index in [4.69, 9.17) is 4.42 Å². The van der Waals surface area contributed by atoms with E-state index in [-0.39, 0.29) is 5.43 Å². The Morgan fingerprint density at radius 2 is 1.86 bits per heavy atom. The van der Waals surface area contributed by atoms with E-state index in [0.717, 1.165) is 28.3 Å². The van der Waals surface area contributed by atoms with Crippen LogP contribution < -0.4 is 10.3 Å². The summed E-state index contributed by atoms with van der Waals surface area (Å²) in [5.74, 6) is 0.633. The molecule has 0 aliphatic rings. The second kappa shape index (κ2) is 5.53. The van der Waals surface area contributed by atoms with Crippen LogP contribution >= 0.6 is 15.9 Å². The van der Waals surface area contributed by atoms with E-state index in [2.05, 4.69) is 15.9 Å². The third-order valence-electron chi connectivity index (χ3n) is 3.73. The van der Waals surface area contributed by atoms with Gasteiger partial charge in [0.2, 0.25) is 0 Å². The van der Waals surface area contributed by atoms with Gasteiger partial charge < -0.3 is 9.32 Å². The second-order valence-electron chi connectivity index (χ2n) is 4.93. The molecule has 1 heterocycles. The number of fused-ring (bicyclic) bond motifs is 3. The fraction of sp³-hybridized carbons (Fsp3) is 0.235. The largest absolute Gasteiger partial charge is 0.440 e. The van der Waals surface area contributed by atoms with Gasteiger partial charge in [0, 0.05) is 23.6 Å². The molecule has 0 aliphatic heterocycles.